The number of oxazole rings is 1. The van der Waals surface area contributed by atoms with Gasteiger partial charge >= 0.3 is 12.1 Å². The van der Waals surface area contributed by atoms with E-state index in [0.717, 1.165) is 45.8 Å². The maximum absolute atomic E-state index is 14.8. The molecule has 1 aliphatic carbocycles. The van der Waals surface area contributed by atoms with Crippen LogP contribution in [0.3, 0.4) is 0 Å². The number of nitrogens with one attached hydrogen (secondary N) is 1. The van der Waals surface area contributed by atoms with Gasteiger partial charge in [0.25, 0.3) is 23.6 Å². The molecular formula is C96H127N19O18. The Morgan fingerprint density at radius 3 is 2.21 bits per heavy atom. The summed E-state index contributed by atoms with van der Waals surface area (Å²) in [5.41, 5.74) is 27.9. The number of fused-ring (bicyclic) bond motifs is 6. The first kappa shape index (κ1) is 97.6. The van der Waals surface area contributed by atoms with Gasteiger partial charge in [0.05, 0.1) is 55.4 Å². The molecule has 7 aliphatic rings. The van der Waals surface area contributed by atoms with E-state index in [1.165, 1.54) is 20.5 Å². The van der Waals surface area contributed by atoms with Gasteiger partial charge in [-0.2, -0.15) is 10.1 Å². The number of anilines is 4. The van der Waals surface area contributed by atoms with Gasteiger partial charge in [0.2, 0.25) is 23.6 Å². The van der Waals surface area contributed by atoms with Gasteiger partial charge < -0.3 is 94.8 Å². The van der Waals surface area contributed by atoms with Gasteiger partial charge in [0.15, 0.2) is 17.0 Å². The number of amides is 4. The summed E-state index contributed by atoms with van der Waals surface area (Å²) in [4.78, 5) is 156. The van der Waals surface area contributed by atoms with Gasteiger partial charge in [0.1, 0.15) is 59.6 Å². The highest BCUT2D eigenvalue weighted by atomic mass is 16.6. The molecule has 15 atom stereocenters. The lowest BCUT2D eigenvalue weighted by atomic mass is 9.80. The number of aliphatic hydroxyl groups is 2. The van der Waals surface area contributed by atoms with E-state index in [4.69, 9.17) is 59.9 Å². The molecule has 1 saturated carbocycles. The minimum Gasteiger partial charge on any atom is -0.459 e. The zero-order valence-corrected chi connectivity index (χ0v) is 77.5. The number of nitrogens with two attached hydrogens (primary N) is 3. The summed E-state index contributed by atoms with van der Waals surface area (Å²) in [6.45, 7) is 18.5. The number of piperidine rings is 1. The molecule has 0 unspecified atom stereocenters. The number of aliphatic hydroxyl groups excluding tert-OH is 1. The van der Waals surface area contributed by atoms with Gasteiger partial charge in [0, 0.05) is 179 Å². The lowest BCUT2D eigenvalue weighted by Gasteiger charge is -2.42. The fourth-order valence-corrected chi connectivity index (χ4v) is 19.2. The van der Waals surface area contributed by atoms with E-state index < -0.39 is 108 Å². The van der Waals surface area contributed by atoms with E-state index in [2.05, 4.69) is 62.1 Å². The molecule has 4 saturated heterocycles. The summed E-state index contributed by atoms with van der Waals surface area (Å²) in [5.74, 6) is -7.53. The molecule has 133 heavy (non-hydrogen) atoms. The molecule has 6 aliphatic heterocycles. The number of carbonyl (C=O) groups excluding carboxylic acids is 8. The van der Waals surface area contributed by atoms with Crippen LogP contribution < -0.4 is 32.3 Å². The standard InChI is InChI=1S/C96H127N19O18/c1-57-15-11-10-12-16-58(2)77(126-7)47-70-23-18-62(6)96(125,133-70)86(120)90(122)114-28-14-13-17-73(114)91(123)130-78(48-74(116)59(3)42-61(5)84(119)85(128-9)83(118)60(4)41-57)71(97)44-63-20-24-76(79(45-63)127-8)132-95(124)104-51-65-49-100-93(101-50-65)112-36-34-110(35-37-112)80(117)27-39-129-40-38-109-30-32-111(33-31-109)94-102-52-69(53-103-94)89(121)113-29-26-66-43-64(19-21-68(66)55-113)54-115-88-81(87(98)105-56-106-88)82(108-115)67-22-25-75-72(46-67)107-92(99)131-75/h10-12,15-16,19,21-22,25,42-43,46,49-50,52-53,56-57,59-60,62-63,70-71,73,76-79,84-85,119,125H,13-14,17-18,20,23-24,26-41,44-45,47-48,51,54-55,97H2,1-9H3,(H2,99,107)(H,104,124)(H2,98,105,106)/b12-10?,15-11+,58-16?,61-42+/t57-,59-,60-,62-,63+,70+,71-,73+,76-,77+,78+,79-,84-,85+,96-/m1/s1. The number of hydrogen-bond donors (Lipinski definition) is 6. The second-order valence-electron chi connectivity index (χ2n) is 36.5. The summed E-state index contributed by atoms with van der Waals surface area (Å²) in [6.07, 6.45) is 16.7. The van der Waals surface area contributed by atoms with E-state index in [1.54, 1.807) is 71.7 Å². The lowest BCUT2D eigenvalue weighted by molar-refractivity contribution is -0.265. The monoisotopic (exact) mass is 1830 g/mol. The van der Waals surface area contributed by atoms with Crippen LogP contribution in [0, 0.1) is 29.6 Å². The second kappa shape index (κ2) is 44.6. The van der Waals surface area contributed by atoms with Crippen LogP contribution in [-0.2, 0) is 88.0 Å². The van der Waals surface area contributed by atoms with Gasteiger partial charge in [-0.15, -0.1) is 0 Å². The maximum Gasteiger partial charge on any atom is 0.407 e. The Morgan fingerprint density at radius 1 is 0.729 bits per heavy atom. The molecule has 37 heteroatoms. The number of hydrogen-bond acceptors (Lipinski definition) is 32. The quantitative estimate of drug-likeness (QED) is 0.0174. The predicted octanol–water partition coefficient (Wildman–Crippen LogP) is 7.62. The van der Waals surface area contributed by atoms with Crippen LogP contribution in [0.25, 0.3) is 33.4 Å². The fraction of sp³-hybridized carbons (Fsp3) is 0.562. The van der Waals surface area contributed by atoms with Crippen LogP contribution in [-0.4, -0.2) is 289 Å². The van der Waals surface area contributed by atoms with Gasteiger partial charge in [-0.25, -0.2) is 44.2 Å². The van der Waals surface area contributed by atoms with Crippen molar-refractivity contribution in [1.29, 1.82) is 0 Å². The lowest BCUT2D eigenvalue weighted by Crippen LogP contribution is -2.61. The molecule has 9 N–H and O–H groups in total. The highest BCUT2D eigenvalue weighted by molar-refractivity contribution is 6.39. The topological polar surface area (TPSA) is 472 Å². The molecule has 2 bridgehead atoms. The number of ether oxygens (including phenoxy) is 7. The molecular weight excluding hydrogens is 1710 g/mol. The molecule has 0 spiro atoms. The third kappa shape index (κ3) is 23.9. The summed E-state index contributed by atoms with van der Waals surface area (Å²) >= 11 is 0. The molecule has 14 rings (SSSR count). The van der Waals surface area contributed by atoms with Crippen molar-refractivity contribution in [3.05, 3.63) is 143 Å². The van der Waals surface area contributed by atoms with Crippen LogP contribution in [0.2, 0.25) is 0 Å². The normalized spacial score (nSPS) is 27.2. The molecule has 2 aromatic carbocycles. The number of nitrogen functional groups attached to an aromatic ring is 2. The van der Waals surface area contributed by atoms with Crippen molar-refractivity contribution in [3.8, 4) is 11.3 Å². The molecule has 37 nitrogen and oxygen atoms in total. The Balaban J connectivity index is 0.499. The Kier molecular flexibility index (Phi) is 32.7. The van der Waals surface area contributed by atoms with Crippen molar-refractivity contribution in [2.24, 2.45) is 35.3 Å². The smallest absolute Gasteiger partial charge is 0.407 e. The summed E-state index contributed by atoms with van der Waals surface area (Å²) in [5, 5.41) is 32.2. The number of Topliss-reactive ketones (excluding diaryl/α,β-unsaturated/α-hetero) is 3. The average molecular weight is 1840 g/mol. The van der Waals surface area contributed by atoms with Crippen molar-refractivity contribution in [3.63, 3.8) is 0 Å². The number of ketones is 3. The van der Waals surface area contributed by atoms with Crippen LogP contribution >= 0.6 is 0 Å². The highest BCUT2D eigenvalue weighted by Gasteiger charge is 2.54. The zero-order chi connectivity index (χ0) is 94.3. The molecule has 11 heterocycles. The van der Waals surface area contributed by atoms with Crippen molar-refractivity contribution in [2.45, 2.75) is 212 Å². The Bertz CT molecular complexity index is 5400. The SMILES string of the molecule is CO[C@H]1C[C@@H]2CC[C@@H](C)[C@@](O)(O2)C(=O)C(=O)N2CCCC[C@H]2C(=O)O[C@H]([C@H](N)C[C@@H]2CC[C@@H](OC(=O)NCc3cnc(N4CCN(C(=O)CCOCCN5CCN(c6ncc(C(=O)N7CCc8cc(Cn9nc(-c%10ccc%11oc(N)nc%11c%10)c%10c(N)ncnc%109)ccc8C7)cn6)CC5)CC4)nc3)[C@H](OC)C2)CC(=O)[C@H](C)/C=C(\C)[C@@H](O)[C@@H](OC)C(=O)[C@H](C)C[C@H](C)/C=C/C=CC=C1C. The first-order chi connectivity index (χ1) is 64.0. The number of methoxy groups -OCH3 is 3. The first-order valence-corrected chi connectivity index (χ1v) is 46.5. The third-order valence-electron chi connectivity index (χ3n) is 27.2. The van der Waals surface area contributed by atoms with Crippen LogP contribution in [0.1, 0.15) is 158 Å². The zero-order valence-electron chi connectivity index (χ0n) is 77.5. The van der Waals surface area contributed by atoms with E-state index in [9.17, 15) is 48.6 Å². The van der Waals surface area contributed by atoms with Gasteiger partial charge in [-0.05, 0) is 142 Å². The molecule has 7 aromatic rings. The largest absolute Gasteiger partial charge is 0.459 e. The third-order valence-corrected chi connectivity index (χ3v) is 27.2. The van der Waals surface area contributed by atoms with Crippen molar-refractivity contribution in [1.82, 2.24) is 69.6 Å². The number of rotatable bonds is 21. The number of cyclic esters (lactones) is 1. The molecule has 0 radical (unpaired) electrons. The number of aromatic nitrogens is 9. The van der Waals surface area contributed by atoms with Crippen LogP contribution in [0.15, 0.2) is 120 Å². The van der Waals surface area contributed by atoms with E-state index in [1.807, 2.05) is 81.8 Å². The molecule has 5 aromatic heterocycles. The number of alkyl carbamates (subject to hydrolysis) is 1. The molecule has 714 valence electrons. The number of nitrogens with zero attached hydrogens (tertiary/aromatic N) is 15. The molecule has 4 amide bonds. The van der Waals surface area contributed by atoms with E-state index in [-0.39, 0.29) is 80.6 Å². The minimum absolute atomic E-state index is 0.000938. The summed E-state index contributed by atoms with van der Waals surface area (Å²) in [7, 11) is 4.43. The number of carbonyl (C=O) groups is 8. The number of allylic oxidation sites excluding steroid dienone is 6. The Morgan fingerprint density at radius 2 is 1.47 bits per heavy atom. The summed E-state index contributed by atoms with van der Waals surface area (Å²) < 4.78 is 49.2. The van der Waals surface area contributed by atoms with Crippen molar-refractivity contribution in [2.75, 3.05) is 128 Å². The minimum atomic E-state index is -2.51. The summed E-state index contributed by atoms with van der Waals surface area (Å²) in [6, 6.07) is 9.64. The predicted molar refractivity (Wildman–Crippen MR) is 493 cm³/mol. The maximum atomic E-state index is 14.8. The van der Waals surface area contributed by atoms with E-state index >= 15 is 0 Å². The number of piperazine rings is 2. The average Bonchev–Trinajstić information content (AvgIpc) is 1.71. The molecule has 5 fully saturated rings. The van der Waals surface area contributed by atoms with Crippen LogP contribution in [0.5, 0.6) is 0 Å². The number of benzene rings is 2. The Labute approximate surface area is 774 Å². The van der Waals surface area contributed by atoms with E-state index in [0.29, 0.717) is 199 Å². The van der Waals surface area contributed by atoms with Gasteiger partial charge in [-0.1, -0.05) is 82.4 Å². The number of esters is 1. The fourth-order valence-electron chi connectivity index (χ4n) is 19.2. The van der Waals surface area contributed by atoms with Crippen molar-refractivity contribution < 1.29 is 86.1 Å². The second-order valence-corrected chi connectivity index (χ2v) is 36.5. The Hall–Kier alpha value is -11.4. The van der Waals surface area contributed by atoms with Crippen molar-refractivity contribution >= 4 is 93.0 Å². The highest BCUT2D eigenvalue weighted by Crippen LogP contribution is 2.40. The van der Waals surface area contributed by atoms with Crippen LogP contribution in [0.4, 0.5) is 28.5 Å². The first-order valence-electron chi connectivity index (χ1n) is 46.5. The van der Waals surface area contributed by atoms with Gasteiger partial charge in [-0.3, -0.25) is 33.7 Å².